The Hall–Kier alpha value is -1.34. The smallest absolute Gasteiger partial charge is 0.270 e. The number of H-pyrrole nitrogens is 1. The van der Waals surface area contributed by atoms with Gasteiger partial charge in [-0.3, -0.25) is 14.5 Å². The van der Waals surface area contributed by atoms with Gasteiger partial charge in [-0.25, -0.2) is 0 Å². The Bertz CT molecular complexity index is 519. The van der Waals surface area contributed by atoms with E-state index in [0.717, 1.165) is 30.7 Å². The Morgan fingerprint density at radius 3 is 2.36 bits per heavy atom. The van der Waals surface area contributed by atoms with E-state index >= 15 is 0 Å². The highest BCUT2D eigenvalue weighted by Crippen LogP contribution is 2.13. The molecule has 0 unspecified atom stereocenters. The van der Waals surface area contributed by atoms with Crippen LogP contribution in [0, 0.1) is 0 Å². The fourth-order valence-corrected chi connectivity index (χ4v) is 2.98. The van der Waals surface area contributed by atoms with Gasteiger partial charge in [-0.2, -0.15) is 0 Å². The van der Waals surface area contributed by atoms with E-state index in [-0.39, 0.29) is 11.8 Å². The molecule has 1 aliphatic heterocycles. The van der Waals surface area contributed by atoms with Gasteiger partial charge in [0.05, 0.1) is 6.54 Å². The fraction of sp³-hybridized carbons (Fsp3) is 0.600. The number of likely N-dealkylation sites (N-methyl/N-ethyl adjacent to an activating group) is 1. The van der Waals surface area contributed by atoms with Crippen molar-refractivity contribution in [1.29, 1.82) is 0 Å². The molecule has 2 rings (SSSR count). The summed E-state index contributed by atoms with van der Waals surface area (Å²) in [6.45, 7) is 8.70. The maximum atomic E-state index is 12.3. The van der Waals surface area contributed by atoms with Crippen LogP contribution >= 0.6 is 15.9 Å². The molecule has 1 fully saturated rings. The average Bonchev–Trinajstić information content (AvgIpc) is 2.95. The zero-order valence-electron chi connectivity index (χ0n) is 13.1. The Morgan fingerprint density at radius 1 is 1.23 bits per heavy atom. The molecule has 1 aromatic rings. The number of aromatic amines is 1. The monoisotopic (exact) mass is 370 g/mol. The fourth-order valence-electron chi connectivity index (χ4n) is 2.64. The SMILES string of the molecule is CCN(CC)C(=O)CN1CCN(C(=O)c2cc(Br)c[nH]2)CC1. The summed E-state index contributed by atoms with van der Waals surface area (Å²) < 4.78 is 0.874. The first-order chi connectivity index (χ1) is 10.5. The third-order valence-electron chi connectivity index (χ3n) is 4.01. The zero-order chi connectivity index (χ0) is 16.1. The van der Waals surface area contributed by atoms with Crippen LogP contribution in [0.3, 0.4) is 0 Å². The van der Waals surface area contributed by atoms with Gasteiger partial charge in [0.1, 0.15) is 5.69 Å². The maximum Gasteiger partial charge on any atom is 0.270 e. The number of piperazine rings is 1. The maximum absolute atomic E-state index is 12.3. The summed E-state index contributed by atoms with van der Waals surface area (Å²) >= 11 is 3.34. The minimum Gasteiger partial charge on any atom is -0.356 e. The predicted molar refractivity (Wildman–Crippen MR) is 88.8 cm³/mol. The summed E-state index contributed by atoms with van der Waals surface area (Å²) in [5.41, 5.74) is 0.597. The van der Waals surface area contributed by atoms with E-state index in [1.54, 1.807) is 12.3 Å². The number of hydrogen-bond donors (Lipinski definition) is 1. The summed E-state index contributed by atoms with van der Waals surface area (Å²) in [5, 5.41) is 0. The third-order valence-corrected chi connectivity index (χ3v) is 4.47. The first-order valence-corrected chi connectivity index (χ1v) is 8.47. The molecule has 0 radical (unpaired) electrons. The Morgan fingerprint density at radius 2 is 1.86 bits per heavy atom. The number of carbonyl (C=O) groups excluding carboxylic acids is 2. The van der Waals surface area contributed by atoms with Crippen molar-refractivity contribution in [1.82, 2.24) is 19.7 Å². The lowest BCUT2D eigenvalue weighted by molar-refractivity contribution is -0.132. The van der Waals surface area contributed by atoms with Crippen molar-refractivity contribution in [2.45, 2.75) is 13.8 Å². The average molecular weight is 371 g/mol. The van der Waals surface area contributed by atoms with Gasteiger partial charge in [0.2, 0.25) is 5.91 Å². The van der Waals surface area contributed by atoms with Crippen LogP contribution < -0.4 is 0 Å². The van der Waals surface area contributed by atoms with Crippen molar-refractivity contribution in [2.24, 2.45) is 0 Å². The summed E-state index contributed by atoms with van der Waals surface area (Å²) in [7, 11) is 0. The van der Waals surface area contributed by atoms with Crippen molar-refractivity contribution >= 4 is 27.7 Å². The third kappa shape index (κ3) is 4.10. The van der Waals surface area contributed by atoms with E-state index in [0.29, 0.717) is 25.3 Å². The van der Waals surface area contributed by atoms with E-state index < -0.39 is 0 Å². The van der Waals surface area contributed by atoms with Gasteiger partial charge in [0.25, 0.3) is 5.91 Å². The Labute approximate surface area is 139 Å². The predicted octanol–water partition coefficient (Wildman–Crippen LogP) is 1.40. The molecule has 0 bridgehead atoms. The van der Waals surface area contributed by atoms with E-state index in [4.69, 9.17) is 0 Å². The van der Waals surface area contributed by atoms with Crippen molar-refractivity contribution in [3.05, 3.63) is 22.4 Å². The first kappa shape index (κ1) is 17.0. The topological polar surface area (TPSA) is 59.7 Å². The number of amides is 2. The summed E-state index contributed by atoms with van der Waals surface area (Å²) in [5.74, 6) is 0.179. The molecule has 122 valence electrons. The highest BCUT2D eigenvalue weighted by atomic mass is 79.9. The molecule has 0 spiro atoms. The van der Waals surface area contributed by atoms with Crippen molar-refractivity contribution < 1.29 is 9.59 Å². The Balaban J connectivity index is 1.83. The molecule has 0 aliphatic carbocycles. The second-order valence-electron chi connectivity index (χ2n) is 5.37. The summed E-state index contributed by atoms with van der Waals surface area (Å²) in [4.78, 5) is 33.2. The summed E-state index contributed by atoms with van der Waals surface area (Å²) in [6.07, 6.45) is 1.76. The van der Waals surface area contributed by atoms with Crippen LogP contribution in [0.15, 0.2) is 16.7 Å². The number of nitrogens with zero attached hydrogens (tertiary/aromatic N) is 3. The normalized spacial score (nSPS) is 15.9. The number of hydrogen-bond acceptors (Lipinski definition) is 3. The van der Waals surface area contributed by atoms with Gasteiger partial charge in [-0.05, 0) is 35.8 Å². The first-order valence-electron chi connectivity index (χ1n) is 7.68. The number of nitrogens with one attached hydrogen (secondary N) is 1. The zero-order valence-corrected chi connectivity index (χ0v) is 14.7. The highest BCUT2D eigenvalue weighted by Gasteiger charge is 2.24. The number of rotatable bonds is 5. The van der Waals surface area contributed by atoms with Gasteiger partial charge in [-0.1, -0.05) is 0 Å². The molecule has 6 nitrogen and oxygen atoms in total. The minimum absolute atomic E-state index is 0.0143. The van der Waals surface area contributed by atoms with Gasteiger partial charge in [0.15, 0.2) is 0 Å². The van der Waals surface area contributed by atoms with Crippen LogP contribution in [-0.4, -0.2) is 77.3 Å². The van der Waals surface area contributed by atoms with Crippen LogP contribution in [0.25, 0.3) is 0 Å². The van der Waals surface area contributed by atoms with Crippen molar-refractivity contribution in [3.8, 4) is 0 Å². The lowest BCUT2D eigenvalue weighted by Gasteiger charge is -2.35. The standard InChI is InChI=1S/C15H23BrN4O2/c1-3-19(4-2)14(21)11-18-5-7-20(8-6-18)15(22)13-9-12(16)10-17-13/h9-10,17H,3-8,11H2,1-2H3. The van der Waals surface area contributed by atoms with Gasteiger partial charge >= 0.3 is 0 Å². The molecule has 1 saturated heterocycles. The van der Waals surface area contributed by atoms with Crippen molar-refractivity contribution in [3.63, 3.8) is 0 Å². The highest BCUT2D eigenvalue weighted by molar-refractivity contribution is 9.10. The van der Waals surface area contributed by atoms with E-state index in [2.05, 4.69) is 25.8 Å². The second kappa shape index (κ2) is 7.78. The molecule has 1 aromatic heterocycles. The molecule has 1 N–H and O–H groups in total. The van der Waals surface area contributed by atoms with Crippen LogP contribution in [0.1, 0.15) is 24.3 Å². The van der Waals surface area contributed by atoms with Crippen LogP contribution in [0.4, 0.5) is 0 Å². The van der Waals surface area contributed by atoms with Crippen LogP contribution in [0.2, 0.25) is 0 Å². The molecule has 2 heterocycles. The van der Waals surface area contributed by atoms with E-state index in [9.17, 15) is 9.59 Å². The summed E-state index contributed by atoms with van der Waals surface area (Å²) in [6, 6.07) is 1.79. The largest absolute Gasteiger partial charge is 0.356 e. The molecular weight excluding hydrogens is 348 g/mol. The molecule has 2 amide bonds. The second-order valence-corrected chi connectivity index (χ2v) is 6.28. The number of carbonyl (C=O) groups is 2. The lowest BCUT2D eigenvalue weighted by atomic mass is 10.2. The quantitative estimate of drug-likeness (QED) is 0.852. The molecule has 0 atom stereocenters. The molecule has 0 aromatic carbocycles. The Kier molecular flexibility index (Phi) is 6.02. The number of halogens is 1. The van der Waals surface area contributed by atoms with Gasteiger partial charge < -0.3 is 14.8 Å². The molecule has 1 aliphatic rings. The van der Waals surface area contributed by atoms with E-state index in [1.165, 1.54) is 0 Å². The lowest BCUT2D eigenvalue weighted by Crippen LogP contribution is -2.51. The molecular formula is C15H23BrN4O2. The molecule has 7 heteroatoms. The van der Waals surface area contributed by atoms with E-state index in [1.807, 2.05) is 23.6 Å². The minimum atomic E-state index is 0.0143. The van der Waals surface area contributed by atoms with Crippen LogP contribution in [0.5, 0.6) is 0 Å². The van der Waals surface area contributed by atoms with Gasteiger partial charge in [0, 0.05) is 49.9 Å². The molecule has 22 heavy (non-hydrogen) atoms. The van der Waals surface area contributed by atoms with Crippen LogP contribution in [-0.2, 0) is 4.79 Å². The van der Waals surface area contributed by atoms with Crippen molar-refractivity contribution in [2.75, 3.05) is 45.8 Å². The molecule has 0 saturated carbocycles. The number of aromatic nitrogens is 1. The van der Waals surface area contributed by atoms with Gasteiger partial charge in [-0.15, -0.1) is 0 Å².